The zero-order chi connectivity index (χ0) is 16.8. The van der Waals surface area contributed by atoms with Gasteiger partial charge in [0.1, 0.15) is 16.6 Å². The highest BCUT2D eigenvalue weighted by molar-refractivity contribution is 7.92. The lowest BCUT2D eigenvalue weighted by Crippen LogP contribution is -2.29. The molecule has 1 aliphatic carbocycles. The van der Waals surface area contributed by atoms with Gasteiger partial charge in [-0.15, -0.1) is 0 Å². The van der Waals surface area contributed by atoms with Crippen LogP contribution in [0.5, 0.6) is 0 Å². The number of nitrogens with zero attached hydrogens (tertiary/aromatic N) is 1. The van der Waals surface area contributed by atoms with Crippen molar-refractivity contribution < 1.29 is 12.8 Å². The molecule has 0 aromatic heterocycles. The van der Waals surface area contributed by atoms with Crippen LogP contribution < -0.4 is 5.73 Å². The van der Waals surface area contributed by atoms with E-state index in [0.717, 1.165) is 0 Å². The van der Waals surface area contributed by atoms with Crippen molar-refractivity contribution >= 4 is 21.4 Å². The Morgan fingerprint density at radius 1 is 1.22 bits per heavy atom. The second kappa shape index (κ2) is 5.31. The first-order valence-corrected chi connectivity index (χ1v) is 8.68. The summed E-state index contributed by atoms with van der Waals surface area (Å²) in [5, 5.41) is 8.62. The van der Waals surface area contributed by atoms with E-state index in [-0.39, 0.29) is 4.90 Å². The number of nitrogens with two attached hydrogens (primary N) is 1. The maximum absolute atomic E-state index is 13.4. The lowest BCUT2D eigenvalue weighted by molar-refractivity contribution is 0.591. The molecule has 118 valence electrons. The highest BCUT2D eigenvalue weighted by atomic mass is 35.5. The number of rotatable bonds is 3. The number of benzene rings is 2. The summed E-state index contributed by atoms with van der Waals surface area (Å²) in [7, 11) is -3.84. The average molecular weight is 351 g/mol. The smallest absolute Gasteiger partial charge is 0.184 e. The third-order valence-corrected chi connectivity index (χ3v) is 6.57. The van der Waals surface area contributed by atoms with Gasteiger partial charge in [-0.3, -0.25) is 0 Å². The second-order valence-electron chi connectivity index (χ2n) is 5.50. The summed E-state index contributed by atoms with van der Waals surface area (Å²) in [4.78, 5) is 0.0379. The summed E-state index contributed by atoms with van der Waals surface area (Å²) in [5.74, 6) is -1.28. The van der Waals surface area contributed by atoms with Crippen LogP contribution in [0, 0.1) is 17.1 Å². The minimum atomic E-state index is -3.84. The van der Waals surface area contributed by atoms with E-state index in [0.29, 0.717) is 10.6 Å². The van der Waals surface area contributed by atoms with Gasteiger partial charge in [0.05, 0.1) is 11.0 Å². The van der Waals surface area contributed by atoms with Crippen LogP contribution in [0.25, 0.3) is 0 Å². The van der Waals surface area contributed by atoms with Crippen LogP contribution in [0.3, 0.4) is 0 Å². The van der Waals surface area contributed by atoms with Gasteiger partial charge in [-0.05, 0) is 42.0 Å². The Hall–Kier alpha value is -1.94. The third kappa shape index (κ3) is 2.51. The van der Waals surface area contributed by atoms with Gasteiger partial charge in [0, 0.05) is 10.9 Å². The van der Waals surface area contributed by atoms with Crippen LogP contribution in [0.1, 0.15) is 11.5 Å². The van der Waals surface area contributed by atoms with Crippen molar-refractivity contribution in [2.75, 3.05) is 0 Å². The van der Waals surface area contributed by atoms with Crippen molar-refractivity contribution in [2.24, 2.45) is 5.73 Å². The van der Waals surface area contributed by atoms with E-state index in [9.17, 15) is 18.1 Å². The van der Waals surface area contributed by atoms with Gasteiger partial charge in [-0.25, -0.2) is 12.8 Å². The molecule has 0 spiro atoms. The number of halogens is 2. The molecule has 23 heavy (non-hydrogen) atoms. The number of sulfone groups is 1. The van der Waals surface area contributed by atoms with Crippen LogP contribution in [0.2, 0.25) is 5.02 Å². The predicted octanol–water partition coefficient (Wildman–Crippen LogP) is 2.64. The van der Waals surface area contributed by atoms with Gasteiger partial charge in [-0.2, -0.15) is 5.26 Å². The summed E-state index contributed by atoms with van der Waals surface area (Å²) < 4.78 is 39.0. The van der Waals surface area contributed by atoms with E-state index in [4.69, 9.17) is 17.3 Å². The number of nitriles is 1. The lowest BCUT2D eigenvalue weighted by Gasteiger charge is -2.04. The van der Waals surface area contributed by atoms with E-state index in [1.54, 1.807) is 6.07 Å². The molecule has 1 aliphatic rings. The Morgan fingerprint density at radius 3 is 2.43 bits per heavy atom. The summed E-state index contributed by atoms with van der Waals surface area (Å²) in [5.41, 5.74) is 4.80. The van der Waals surface area contributed by atoms with Gasteiger partial charge in [0.2, 0.25) is 0 Å². The molecule has 0 bridgehead atoms. The average Bonchev–Trinajstić information content (AvgIpc) is 3.15. The zero-order valence-corrected chi connectivity index (χ0v) is 13.4. The molecule has 0 unspecified atom stereocenters. The van der Waals surface area contributed by atoms with E-state index < -0.39 is 32.4 Å². The second-order valence-corrected chi connectivity index (χ2v) is 8.00. The molecule has 0 radical (unpaired) electrons. The maximum Gasteiger partial charge on any atom is 0.184 e. The first-order valence-electron chi connectivity index (χ1n) is 6.76. The molecule has 3 rings (SSSR count). The predicted molar refractivity (Wildman–Crippen MR) is 84.1 cm³/mol. The molecule has 2 aromatic rings. The van der Waals surface area contributed by atoms with Gasteiger partial charge >= 0.3 is 0 Å². The molecular weight excluding hydrogens is 339 g/mol. The molecular formula is C16H12ClFN2O2S. The summed E-state index contributed by atoms with van der Waals surface area (Å²) in [6.45, 7) is 0. The fourth-order valence-electron chi connectivity index (χ4n) is 2.86. The Balaban J connectivity index is 2.05. The topological polar surface area (TPSA) is 83.9 Å². The Morgan fingerprint density at radius 2 is 1.87 bits per heavy atom. The van der Waals surface area contributed by atoms with Crippen LogP contribution in [0.15, 0.2) is 53.4 Å². The molecule has 0 heterocycles. The van der Waals surface area contributed by atoms with Crippen molar-refractivity contribution in [3.05, 3.63) is 64.9 Å². The van der Waals surface area contributed by atoms with Crippen molar-refractivity contribution in [1.82, 2.24) is 0 Å². The largest absolute Gasteiger partial charge is 0.312 e. The molecule has 0 aliphatic heterocycles. The molecule has 1 saturated carbocycles. The minimum Gasteiger partial charge on any atom is -0.312 e. The van der Waals surface area contributed by atoms with Crippen LogP contribution in [-0.2, 0) is 9.84 Å². The summed E-state index contributed by atoms with van der Waals surface area (Å²) >= 11 is 5.77. The number of hydrogen-bond donors (Lipinski definition) is 1. The first-order chi connectivity index (χ1) is 10.8. The van der Waals surface area contributed by atoms with Gasteiger partial charge in [-0.1, -0.05) is 23.7 Å². The molecule has 2 aromatic carbocycles. The van der Waals surface area contributed by atoms with Crippen molar-refractivity contribution in [2.45, 2.75) is 21.6 Å². The Labute approximate surface area is 138 Å². The summed E-state index contributed by atoms with van der Waals surface area (Å²) in [6, 6.07) is 13.0. The zero-order valence-electron chi connectivity index (χ0n) is 11.8. The van der Waals surface area contributed by atoms with Gasteiger partial charge in [0.15, 0.2) is 9.84 Å². The molecule has 7 heteroatoms. The van der Waals surface area contributed by atoms with Crippen molar-refractivity contribution in [3.63, 3.8) is 0 Å². The Kier molecular flexibility index (Phi) is 3.68. The van der Waals surface area contributed by atoms with Gasteiger partial charge in [0.25, 0.3) is 0 Å². The number of hydrogen-bond acceptors (Lipinski definition) is 4. The first kappa shape index (κ1) is 15.9. The maximum atomic E-state index is 13.4. The fraction of sp³-hybridized carbons (Fsp3) is 0.188. The molecule has 4 nitrogen and oxygen atoms in total. The summed E-state index contributed by atoms with van der Waals surface area (Å²) in [6.07, 6.45) is 0. The Bertz CT molecular complexity index is 908. The SMILES string of the molecule is N#C[C@]1(N)[C@H](c2cccc(F)c2)[C@@H]1S(=O)(=O)c1ccc(Cl)cc1. The van der Waals surface area contributed by atoms with Crippen LogP contribution in [-0.4, -0.2) is 19.2 Å². The monoisotopic (exact) mass is 350 g/mol. The van der Waals surface area contributed by atoms with Crippen molar-refractivity contribution in [3.8, 4) is 6.07 Å². The van der Waals surface area contributed by atoms with E-state index in [1.807, 2.05) is 6.07 Å². The molecule has 0 amide bonds. The molecule has 2 N–H and O–H groups in total. The minimum absolute atomic E-state index is 0.0379. The molecule has 0 saturated heterocycles. The molecule has 1 fully saturated rings. The molecule has 3 atom stereocenters. The van der Waals surface area contributed by atoms with E-state index in [1.165, 1.54) is 42.5 Å². The lowest BCUT2D eigenvalue weighted by atomic mass is 10.1. The normalized spacial score (nSPS) is 26.5. The highest BCUT2D eigenvalue weighted by Gasteiger charge is 2.70. The van der Waals surface area contributed by atoms with Crippen molar-refractivity contribution in [1.29, 1.82) is 5.26 Å². The van der Waals surface area contributed by atoms with Crippen LogP contribution >= 0.6 is 11.6 Å². The van der Waals surface area contributed by atoms with E-state index in [2.05, 4.69) is 0 Å². The third-order valence-electron chi connectivity index (χ3n) is 4.06. The highest BCUT2D eigenvalue weighted by Crippen LogP contribution is 2.55. The fourth-order valence-corrected chi connectivity index (χ4v) is 5.17. The van der Waals surface area contributed by atoms with Crippen LogP contribution in [0.4, 0.5) is 4.39 Å². The van der Waals surface area contributed by atoms with Gasteiger partial charge < -0.3 is 5.73 Å². The standard InChI is InChI=1S/C16H12ClFN2O2S/c17-11-4-6-13(7-5-11)23(21,22)15-14(16(15,20)9-19)10-2-1-3-12(18)8-10/h1-8,14-15H,20H2/t14-,15+,16+/m1/s1. The quantitative estimate of drug-likeness (QED) is 0.922. The van der Waals surface area contributed by atoms with E-state index >= 15 is 0 Å².